The molecule has 0 bridgehead atoms. The second-order valence-electron chi connectivity index (χ2n) is 1.47. The summed E-state index contributed by atoms with van der Waals surface area (Å²) in [5.74, 6) is 5.33. The molecule has 0 aliphatic heterocycles. The summed E-state index contributed by atoms with van der Waals surface area (Å²) in [6.07, 6.45) is 2.89. The third-order valence-corrected chi connectivity index (χ3v) is 0.708. The van der Waals surface area contributed by atoms with Crippen LogP contribution in [-0.2, 0) is 0 Å². The summed E-state index contributed by atoms with van der Waals surface area (Å²) in [7, 11) is 0. The lowest BCUT2D eigenvalue weighted by Crippen LogP contribution is -2.34. The smallest absolute Gasteiger partial charge is 0.105 e. The predicted molar refractivity (Wildman–Crippen MR) is 38.6 cm³/mol. The van der Waals surface area contributed by atoms with Crippen LogP contribution in [0.2, 0.25) is 0 Å². The zero-order valence-corrected chi connectivity index (χ0v) is 5.33. The Morgan fingerprint density at radius 3 is 2.78 bits per heavy atom. The van der Waals surface area contributed by atoms with E-state index in [9.17, 15) is 0 Å². The minimum atomic E-state index is 0.527. The molecule has 0 atom stereocenters. The van der Waals surface area contributed by atoms with E-state index in [-0.39, 0.29) is 0 Å². The molecule has 0 fully saturated rings. The van der Waals surface area contributed by atoms with Gasteiger partial charge in [-0.1, -0.05) is 6.58 Å². The topological polar surface area (TPSA) is 67.6 Å². The van der Waals surface area contributed by atoms with Gasteiger partial charge < -0.3 is 5.73 Å². The molecular formula is C5H12N4. The Bertz CT molecular complexity index is 99.1. The number of nitrogens with zero attached hydrogens (tertiary/aromatic N) is 2. The van der Waals surface area contributed by atoms with Crippen LogP contribution in [0.25, 0.3) is 0 Å². The molecule has 0 aliphatic rings. The van der Waals surface area contributed by atoms with Gasteiger partial charge in [-0.2, -0.15) is 0 Å². The van der Waals surface area contributed by atoms with E-state index in [4.69, 9.17) is 11.6 Å². The highest BCUT2D eigenvalue weighted by molar-refractivity contribution is 5.54. The van der Waals surface area contributed by atoms with Gasteiger partial charge in [0.1, 0.15) is 6.34 Å². The van der Waals surface area contributed by atoms with Crippen molar-refractivity contribution in [3.63, 3.8) is 0 Å². The third kappa shape index (κ3) is 4.99. The monoisotopic (exact) mass is 128 g/mol. The van der Waals surface area contributed by atoms with Gasteiger partial charge in [-0.3, -0.25) is 5.01 Å². The fraction of sp³-hybridized carbons (Fsp3) is 0.400. The average molecular weight is 128 g/mol. The summed E-state index contributed by atoms with van der Waals surface area (Å²) < 4.78 is 0. The Balaban J connectivity index is 3.35. The third-order valence-electron chi connectivity index (χ3n) is 0.708. The summed E-state index contributed by atoms with van der Waals surface area (Å²) >= 11 is 0. The van der Waals surface area contributed by atoms with E-state index in [2.05, 4.69) is 11.6 Å². The van der Waals surface area contributed by atoms with Crippen LogP contribution in [0.5, 0.6) is 0 Å². The van der Waals surface area contributed by atoms with Crippen molar-refractivity contribution in [2.45, 2.75) is 0 Å². The van der Waals surface area contributed by atoms with Crippen molar-refractivity contribution in [2.24, 2.45) is 16.6 Å². The predicted octanol–water partition coefficient (Wildman–Crippen LogP) is -0.707. The van der Waals surface area contributed by atoms with Gasteiger partial charge in [-0.15, -0.1) is 0 Å². The van der Waals surface area contributed by atoms with Crippen LogP contribution in [0.4, 0.5) is 0 Å². The van der Waals surface area contributed by atoms with E-state index in [1.165, 1.54) is 17.5 Å². The maximum absolute atomic E-state index is 5.33. The number of aliphatic imine (C=N–C) groups is 1. The first-order valence-corrected chi connectivity index (χ1v) is 2.67. The molecule has 0 saturated heterocycles. The minimum Gasteiger partial charge on any atom is -0.329 e. The summed E-state index contributed by atoms with van der Waals surface area (Å²) in [6.45, 7) is 4.52. The molecular weight excluding hydrogens is 116 g/mol. The fourth-order valence-corrected chi connectivity index (χ4v) is 0.340. The van der Waals surface area contributed by atoms with E-state index >= 15 is 0 Å². The fourth-order valence-electron chi connectivity index (χ4n) is 0.340. The van der Waals surface area contributed by atoms with Crippen molar-refractivity contribution in [1.29, 1.82) is 0 Å². The molecule has 0 amide bonds. The number of rotatable bonds is 4. The molecule has 0 aromatic carbocycles. The molecule has 0 aliphatic carbocycles. The van der Waals surface area contributed by atoms with E-state index in [0.717, 1.165) is 0 Å². The average Bonchev–Trinajstić information content (AvgIpc) is 1.85. The summed E-state index contributed by atoms with van der Waals surface area (Å²) in [6, 6.07) is 0. The number of hydrazine groups is 1. The first-order valence-electron chi connectivity index (χ1n) is 2.67. The molecule has 0 radical (unpaired) electrons. The number of hydrogen-bond acceptors (Lipinski definition) is 3. The highest BCUT2D eigenvalue weighted by Gasteiger charge is 1.84. The van der Waals surface area contributed by atoms with Gasteiger partial charge in [0.15, 0.2) is 0 Å². The minimum absolute atomic E-state index is 0.527. The van der Waals surface area contributed by atoms with Gasteiger partial charge >= 0.3 is 0 Å². The normalized spacial score (nSPS) is 10.0. The standard InChI is InChI=1S/C5H12N4/c1-2-8-5-9(7)4-3-6/h2,5H,1,3-4,6-7H2/b8-5-. The zero-order chi connectivity index (χ0) is 7.11. The van der Waals surface area contributed by atoms with Crippen molar-refractivity contribution in [3.8, 4) is 0 Å². The highest BCUT2D eigenvalue weighted by Crippen LogP contribution is 1.69. The van der Waals surface area contributed by atoms with Crippen molar-refractivity contribution in [1.82, 2.24) is 5.01 Å². The SMILES string of the molecule is C=C/N=C\N(N)CCN. The van der Waals surface area contributed by atoms with Crippen molar-refractivity contribution in [3.05, 3.63) is 12.8 Å². The molecule has 9 heavy (non-hydrogen) atoms. The molecule has 0 spiro atoms. The quantitative estimate of drug-likeness (QED) is 0.227. The lowest BCUT2D eigenvalue weighted by molar-refractivity contribution is 0.464. The van der Waals surface area contributed by atoms with E-state index in [1.54, 1.807) is 0 Å². The Kier molecular flexibility index (Phi) is 4.76. The number of nitrogens with two attached hydrogens (primary N) is 2. The largest absolute Gasteiger partial charge is 0.329 e. The van der Waals surface area contributed by atoms with E-state index < -0.39 is 0 Å². The molecule has 4 nitrogen and oxygen atoms in total. The molecule has 4 heteroatoms. The van der Waals surface area contributed by atoms with Crippen LogP contribution in [-0.4, -0.2) is 24.4 Å². The summed E-state index contributed by atoms with van der Waals surface area (Å²) in [5.41, 5.74) is 5.19. The Morgan fingerprint density at radius 1 is 1.67 bits per heavy atom. The van der Waals surface area contributed by atoms with Crippen LogP contribution in [0.1, 0.15) is 0 Å². The molecule has 52 valence electrons. The molecule has 0 rings (SSSR count). The van der Waals surface area contributed by atoms with Crippen LogP contribution in [0, 0.1) is 0 Å². The summed E-state index contributed by atoms with van der Waals surface area (Å²) in [4.78, 5) is 3.67. The Hall–Kier alpha value is -0.870. The first-order chi connectivity index (χ1) is 4.31. The molecule has 0 unspecified atom stereocenters. The zero-order valence-electron chi connectivity index (χ0n) is 5.33. The van der Waals surface area contributed by atoms with Crippen molar-refractivity contribution < 1.29 is 0 Å². The van der Waals surface area contributed by atoms with Crippen LogP contribution in [0.3, 0.4) is 0 Å². The van der Waals surface area contributed by atoms with Gasteiger partial charge in [-0.25, -0.2) is 10.8 Å². The lowest BCUT2D eigenvalue weighted by atomic mass is 10.6. The second kappa shape index (κ2) is 5.27. The Morgan fingerprint density at radius 2 is 2.33 bits per heavy atom. The second-order valence-corrected chi connectivity index (χ2v) is 1.47. The van der Waals surface area contributed by atoms with Gasteiger partial charge in [0.25, 0.3) is 0 Å². The van der Waals surface area contributed by atoms with Crippen LogP contribution in [0.15, 0.2) is 17.8 Å². The maximum atomic E-state index is 5.33. The molecule has 0 aromatic rings. The van der Waals surface area contributed by atoms with E-state index in [0.29, 0.717) is 13.1 Å². The molecule has 0 saturated carbocycles. The highest BCUT2D eigenvalue weighted by atomic mass is 15.4. The van der Waals surface area contributed by atoms with E-state index in [1.807, 2.05) is 0 Å². The molecule has 4 N–H and O–H groups in total. The van der Waals surface area contributed by atoms with Crippen molar-refractivity contribution in [2.75, 3.05) is 13.1 Å². The van der Waals surface area contributed by atoms with Crippen LogP contribution < -0.4 is 11.6 Å². The lowest BCUT2D eigenvalue weighted by Gasteiger charge is -2.08. The molecule has 0 aromatic heterocycles. The van der Waals surface area contributed by atoms with Gasteiger partial charge in [0.05, 0.1) is 0 Å². The number of hydrogen-bond donors (Lipinski definition) is 2. The van der Waals surface area contributed by atoms with Gasteiger partial charge in [-0.05, 0) is 0 Å². The van der Waals surface area contributed by atoms with Crippen LogP contribution >= 0.6 is 0 Å². The van der Waals surface area contributed by atoms with Gasteiger partial charge in [0, 0.05) is 19.3 Å². The van der Waals surface area contributed by atoms with Crippen molar-refractivity contribution >= 4 is 6.34 Å². The Labute approximate surface area is 54.8 Å². The summed E-state index contributed by atoms with van der Waals surface area (Å²) in [5, 5.41) is 1.40. The first kappa shape index (κ1) is 8.13. The maximum Gasteiger partial charge on any atom is 0.105 e. The molecule has 0 heterocycles. The van der Waals surface area contributed by atoms with Gasteiger partial charge in [0.2, 0.25) is 0 Å².